The molecule has 156 valence electrons. The minimum Gasteiger partial charge on any atom is -0.489 e. The molecule has 0 amide bonds. The molecule has 1 aliphatic rings. The van der Waals surface area contributed by atoms with E-state index >= 15 is 0 Å². The summed E-state index contributed by atoms with van der Waals surface area (Å²) in [7, 11) is 1.41. The second-order valence-electron chi connectivity index (χ2n) is 7.64. The Kier molecular flexibility index (Phi) is 6.48. The molecule has 1 heterocycles. The SMILES string of the molecule is COC(=O)CCCc1ccc(OCc2cc(F)ccc2-c2ccc(C3CC3)s2)cc1. The predicted octanol–water partition coefficient (Wildman–Crippen LogP) is 6.51. The van der Waals surface area contributed by atoms with Crippen LogP contribution >= 0.6 is 11.3 Å². The maximum atomic E-state index is 13.9. The van der Waals surface area contributed by atoms with Gasteiger partial charge >= 0.3 is 5.97 Å². The fraction of sp³-hybridized carbons (Fsp3) is 0.320. The van der Waals surface area contributed by atoms with E-state index in [1.807, 2.05) is 30.3 Å². The van der Waals surface area contributed by atoms with Crippen molar-refractivity contribution in [3.63, 3.8) is 0 Å². The molecule has 3 nitrogen and oxygen atoms in total. The third kappa shape index (κ3) is 5.28. The molecule has 1 fully saturated rings. The van der Waals surface area contributed by atoms with Crippen LogP contribution in [0.25, 0.3) is 10.4 Å². The van der Waals surface area contributed by atoms with Crippen LogP contribution < -0.4 is 4.74 Å². The molecule has 0 spiro atoms. The number of aryl methyl sites for hydroxylation is 1. The molecule has 1 saturated carbocycles. The number of benzene rings is 2. The van der Waals surface area contributed by atoms with Crippen LogP contribution in [0, 0.1) is 5.82 Å². The van der Waals surface area contributed by atoms with E-state index in [1.54, 1.807) is 17.4 Å². The van der Waals surface area contributed by atoms with Crippen LogP contribution in [0.15, 0.2) is 54.6 Å². The van der Waals surface area contributed by atoms with Gasteiger partial charge in [-0.2, -0.15) is 0 Å². The van der Waals surface area contributed by atoms with Gasteiger partial charge in [0.05, 0.1) is 7.11 Å². The van der Waals surface area contributed by atoms with Crippen molar-refractivity contribution >= 4 is 17.3 Å². The molecule has 4 rings (SSSR count). The zero-order chi connectivity index (χ0) is 20.9. The number of rotatable bonds is 9. The van der Waals surface area contributed by atoms with Gasteiger partial charge in [0.1, 0.15) is 18.2 Å². The van der Waals surface area contributed by atoms with Gasteiger partial charge in [-0.15, -0.1) is 11.3 Å². The lowest BCUT2D eigenvalue weighted by atomic mass is 10.1. The van der Waals surface area contributed by atoms with E-state index in [0.29, 0.717) is 13.0 Å². The summed E-state index contributed by atoms with van der Waals surface area (Å²) in [5.41, 5.74) is 3.03. The molecule has 0 radical (unpaired) electrons. The van der Waals surface area contributed by atoms with Gasteiger partial charge in [0.25, 0.3) is 0 Å². The number of esters is 1. The number of hydrogen-bond donors (Lipinski definition) is 0. The summed E-state index contributed by atoms with van der Waals surface area (Å²) in [6, 6.07) is 17.1. The van der Waals surface area contributed by atoms with Crippen molar-refractivity contribution in [3.8, 4) is 16.2 Å². The molecule has 0 N–H and O–H groups in total. The predicted molar refractivity (Wildman–Crippen MR) is 117 cm³/mol. The zero-order valence-electron chi connectivity index (χ0n) is 17.0. The van der Waals surface area contributed by atoms with Crippen LogP contribution in [0.3, 0.4) is 0 Å². The Bertz CT molecular complexity index is 1010. The molecule has 0 atom stereocenters. The Morgan fingerprint density at radius 3 is 2.63 bits per heavy atom. The zero-order valence-corrected chi connectivity index (χ0v) is 17.8. The van der Waals surface area contributed by atoms with Crippen LogP contribution in [0.1, 0.15) is 47.6 Å². The number of carbonyl (C=O) groups is 1. The van der Waals surface area contributed by atoms with Gasteiger partial charge in [-0.3, -0.25) is 4.79 Å². The molecular weight excluding hydrogens is 399 g/mol. The van der Waals surface area contributed by atoms with Gasteiger partial charge in [0.2, 0.25) is 0 Å². The van der Waals surface area contributed by atoms with Crippen molar-refractivity contribution in [3.05, 3.63) is 76.4 Å². The molecule has 5 heteroatoms. The third-order valence-electron chi connectivity index (χ3n) is 5.33. The van der Waals surface area contributed by atoms with Gasteiger partial charge in [-0.1, -0.05) is 18.2 Å². The molecule has 0 aliphatic heterocycles. The molecule has 0 saturated heterocycles. The summed E-state index contributed by atoms with van der Waals surface area (Å²) in [5, 5.41) is 0. The minimum atomic E-state index is -0.253. The number of ether oxygens (including phenoxy) is 2. The van der Waals surface area contributed by atoms with E-state index < -0.39 is 0 Å². The van der Waals surface area contributed by atoms with E-state index in [9.17, 15) is 9.18 Å². The fourth-order valence-corrected chi connectivity index (χ4v) is 4.70. The highest BCUT2D eigenvalue weighted by Crippen LogP contribution is 2.45. The maximum absolute atomic E-state index is 13.9. The first-order valence-electron chi connectivity index (χ1n) is 10.3. The van der Waals surface area contributed by atoms with Crippen LogP contribution in [0.4, 0.5) is 4.39 Å². The van der Waals surface area contributed by atoms with E-state index in [-0.39, 0.29) is 11.8 Å². The molecule has 1 aromatic heterocycles. The number of halogens is 1. The lowest BCUT2D eigenvalue weighted by molar-refractivity contribution is -0.140. The van der Waals surface area contributed by atoms with Gasteiger partial charge < -0.3 is 9.47 Å². The summed E-state index contributed by atoms with van der Waals surface area (Å²) in [4.78, 5) is 13.8. The first-order valence-corrected chi connectivity index (χ1v) is 11.1. The Hall–Kier alpha value is -2.66. The highest BCUT2D eigenvalue weighted by Gasteiger charge is 2.25. The standard InChI is InChI=1S/C25H25FO3S/c1-28-25(27)4-2-3-17-5-10-21(11-6-17)29-16-19-15-20(26)9-12-22(19)24-14-13-23(30-24)18-7-8-18/h5-6,9-15,18H,2-4,7-8,16H2,1H3. The second kappa shape index (κ2) is 9.43. The van der Waals surface area contributed by atoms with Crippen molar-refractivity contribution in [2.24, 2.45) is 0 Å². The molecule has 0 unspecified atom stereocenters. The quantitative estimate of drug-likeness (QED) is 0.368. The topological polar surface area (TPSA) is 35.5 Å². The molecule has 0 bridgehead atoms. The number of hydrogen-bond acceptors (Lipinski definition) is 4. The summed E-state index contributed by atoms with van der Waals surface area (Å²) >= 11 is 1.80. The van der Waals surface area contributed by atoms with Gasteiger partial charge in [-0.05, 0) is 79.1 Å². The van der Waals surface area contributed by atoms with Crippen molar-refractivity contribution in [2.75, 3.05) is 7.11 Å². The van der Waals surface area contributed by atoms with E-state index in [1.165, 1.54) is 30.9 Å². The van der Waals surface area contributed by atoms with Crippen LogP contribution in [0.2, 0.25) is 0 Å². The van der Waals surface area contributed by atoms with Crippen LogP contribution in [-0.2, 0) is 22.6 Å². The minimum absolute atomic E-state index is 0.184. The first kappa shape index (κ1) is 20.6. The van der Waals surface area contributed by atoms with Crippen molar-refractivity contribution in [2.45, 2.75) is 44.6 Å². The Morgan fingerprint density at radius 2 is 1.90 bits per heavy atom. The van der Waals surface area contributed by atoms with Crippen molar-refractivity contribution in [1.29, 1.82) is 0 Å². The highest BCUT2D eigenvalue weighted by atomic mass is 32.1. The first-order chi connectivity index (χ1) is 14.6. The third-order valence-corrected chi connectivity index (χ3v) is 6.61. The molecule has 30 heavy (non-hydrogen) atoms. The monoisotopic (exact) mass is 424 g/mol. The van der Waals surface area contributed by atoms with Crippen LogP contribution in [-0.4, -0.2) is 13.1 Å². The largest absolute Gasteiger partial charge is 0.489 e. The highest BCUT2D eigenvalue weighted by molar-refractivity contribution is 7.15. The van der Waals surface area contributed by atoms with Crippen molar-refractivity contribution < 1.29 is 18.7 Å². The van der Waals surface area contributed by atoms with Crippen molar-refractivity contribution in [1.82, 2.24) is 0 Å². The van der Waals surface area contributed by atoms with Crippen LogP contribution in [0.5, 0.6) is 5.75 Å². The maximum Gasteiger partial charge on any atom is 0.305 e. The number of methoxy groups -OCH3 is 1. The number of thiophene rings is 1. The van der Waals surface area contributed by atoms with Gasteiger partial charge in [0.15, 0.2) is 0 Å². The van der Waals surface area contributed by atoms with E-state index in [4.69, 9.17) is 4.74 Å². The lowest BCUT2D eigenvalue weighted by Crippen LogP contribution is -2.01. The summed E-state index contributed by atoms with van der Waals surface area (Å²) < 4.78 is 24.5. The Labute approximate surface area is 180 Å². The van der Waals surface area contributed by atoms with E-state index in [2.05, 4.69) is 16.9 Å². The van der Waals surface area contributed by atoms with Gasteiger partial charge in [0, 0.05) is 21.7 Å². The number of carbonyl (C=O) groups excluding carboxylic acids is 1. The molecule has 3 aromatic rings. The average Bonchev–Trinajstić information content (AvgIpc) is 3.50. The summed E-state index contributed by atoms with van der Waals surface area (Å²) in [6.45, 7) is 0.311. The van der Waals surface area contributed by atoms with Gasteiger partial charge in [-0.25, -0.2) is 4.39 Å². The summed E-state index contributed by atoms with van der Waals surface area (Å²) in [5.74, 6) is 1.02. The fourth-order valence-electron chi connectivity index (χ4n) is 3.46. The Morgan fingerprint density at radius 1 is 1.10 bits per heavy atom. The molecule has 2 aromatic carbocycles. The average molecular weight is 425 g/mol. The normalized spacial score (nSPS) is 13.3. The second-order valence-corrected chi connectivity index (χ2v) is 8.76. The summed E-state index contributed by atoms with van der Waals surface area (Å²) in [6.07, 6.45) is 4.53. The Balaban J connectivity index is 1.39. The molecule has 1 aliphatic carbocycles. The smallest absolute Gasteiger partial charge is 0.305 e. The lowest BCUT2D eigenvalue weighted by Gasteiger charge is -2.11. The van der Waals surface area contributed by atoms with E-state index in [0.717, 1.165) is 46.1 Å². The molecular formula is C25H25FO3S.